The fourth-order valence-electron chi connectivity index (χ4n) is 3.51. The zero-order valence-electron chi connectivity index (χ0n) is 13.2. The molecule has 3 rings (SSSR count). The molecule has 1 N–H and O–H groups in total. The van der Waals surface area contributed by atoms with Gasteiger partial charge in [-0.1, -0.05) is 0 Å². The van der Waals surface area contributed by atoms with Gasteiger partial charge in [0, 0.05) is 38.1 Å². The van der Waals surface area contributed by atoms with Crippen LogP contribution in [0, 0.1) is 0 Å². The second-order valence-corrected chi connectivity index (χ2v) is 8.31. The molecule has 2 fully saturated rings. The Hall–Kier alpha value is -1.51. The predicted octanol–water partition coefficient (Wildman–Crippen LogP) is -0.889. The molecule has 7 nitrogen and oxygen atoms in total. The van der Waals surface area contributed by atoms with Crippen molar-refractivity contribution in [3.05, 3.63) is 30.1 Å². The summed E-state index contributed by atoms with van der Waals surface area (Å²) in [6, 6.07) is 3.52. The number of fused-ring (bicyclic) bond motifs is 1. The van der Waals surface area contributed by atoms with Crippen molar-refractivity contribution in [2.75, 3.05) is 38.2 Å². The van der Waals surface area contributed by atoms with E-state index in [1.54, 1.807) is 24.3 Å². The van der Waals surface area contributed by atoms with Crippen LogP contribution in [0.4, 0.5) is 0 Å². The highest BCUT2D eigenvalue weighted by Crippen LogP contribution is 2.28. The van der Waals surface area contributed by atoms with Crippen LogP contribution in [-0.2, 0) is 21.2 Å². The summed E-state index contributed by atoms with van der Waals surface area (Å²) in [5.41, 5.74) is 1.11. The van der Waals surface area contributed by atoms with E-state index in [-0.39, 0.29) is 36.0 Å². The number of carbonyl (C=O) groups excluding carboxylic acids is 1. The Morgan fingerprint density at radius 3 is 2.65 bits per heavy atom. The van der Waals surface area contributed by atoms with E-state index in [0.717, 1.165) is 5.56 Å². The maximum absolute atomic E-state index is 12.3. The molecule has 0 radical (unpaired) electrons. The summed E-state index contributed by atoms with van der Waals surface area (Å²) < 4.78 is 24.3. The zero-order chi connectivity index (χ0) is 16.4. The van der Waals surface area contributed by atoms with Gasteiger partial charge in [0.1, 0.15) is 0 Å². The quantitative estimate of drug-likeness (QED) is 0.767. The third-order valence-corrected chi connectivity index (χ3v) is 6.27. The number of hydrogen-bond donors (Lipinski definition) is 1. The van der Waals surface area contributed by atoms with E-state index in [4.69, 9.17) is 0 Å². The first kappa shape index (κ1) is 16.4. The zero-order valence-corrected chi connectivity index (χ0v) is 14.0. The molecule has 1 aromatic heterocycles. The van der Waals surface area contributed by atoms with Gasteiger partial charge in [-0.05, 0) is 24.7 Å². The Balaban J connectivity index is 1.79. The summed E-state index contributed by atoms with van der Waals surface area (Å²) >= 11 is 0. The number of piperazine rings is 1. The van der Waals surface area contributed by atoms with E-state index in [2.05, 4.69) is 15.2 Å². The second kappa shape index (κ2) is 6.54. The van der Waals surface area contributed by atoms with Crippen molar-refractivity contribution in [3.63, 3.8) is 0 Å². The lowest BCUT2D eigenvalue weighted by Gasteiger charge is -2.44. The topological polar surface area (TPSA) is 82.6 Å². The summed E-state index contributed by atoms with van der Waals surface area (Å²) in [6.45, 7) is 2.19. The van der Waals surface area contributed by atoms with E-state index in [1.807, 2.05) is 12.1 Å². The fourth-order valence-corrected chi connectivity index (χ4v) is 5.52. The van der Waals surface area contributed by atoms with Crippen LogP contribution in [0.25, 0.3) is 0 Å². The molecule has 0 bridgehead atoms. The van der Waals surface area contributed by atoms with Crippen molar-refractivity contribution >= 4 is 15.7 Å². The van der Waals surface area contributed by atoms with Crippen molar-refractivity contribution in [2.24, 2.45) is 0 Å². The molecule has 2 aliphatic heterocycles. The molecule has 126 valence electrons. The maximum Gasteiger partial charge on any atom is 0.236 e. The first-order valence-electron chi connectivity index (χ1n) is 7.77. The number of amides is 1. The summed E-state index contributed by atoms with van der Waals surface area (Å²) in [5, 5.41) is 2.86. The minimum atomic E-state index is -3.10. The van der Waals surface area contributed by atoms with Crippen LogP contribution >= 0.6 is 0 Å². The van der Waals surface area contributed by atoms with Gasteiger partial charge in [-0.3, -0.25) is 14.7 Å². The Morgan fingerprint density at radius 2 is 1.96 bits per heavy atom. The molecule has 2 atom stereocenters. The molecule has 0 aliphatic carbocycles. The van der Waals surface area contributed by atoms with Gasteiger partial charge in [-0.2, -0.15) is 0 Å². The first-order chi connectivity index (χ1) is 11.0. The average Bonchev–Trinajstić information content (AvgIpc) is 2.84. The van der Waals surface area contributed by atoms with E-state index in [0.29, 0.717) is 19.6 Å². The highest BCUT2D eigenvalue weighted by atomic mass is 32.2. The number of nitrogens with one attached hydrogen (secondary N) is 1. The highest BCUT2D eigenvalue weighted by Gasteiger charge is 2.47. The molecule has 1 amide bonds. The molecule has 2 aliphatic rings. The summed E-state index contributed by atoms with van der Waals surface area (Å²) in [6.07, 6.45) is 3.48. The van der Waals surface area contributed by atoms with Gasteiger partial charge in [0.25, 0.3) is 0 Å². The molecule has 8 heteroatoms. The van der Waals surface area contributed by atoms with Crippen molar-refractivity contribution in [3.8, 4) is 0 Å². The normalized spacial score (nSPS) is 26.9. The van der Waals surface area contributed by atoms with Gasteiger partial charge in [0.05, 0.1) is 24.1 Å². The molecule has 0 saturated carbocycles. The monoisotopic (exact) mass is 338 g/mol. The lowest BCUT2D eigenvalue weighted by atomic mass is 10.0. The molecule has 23 heavy (non-hydrogen) atoms. The lowest BCUT2D eigenvalue weighted by Crippen LogP contribution is -2.61. The van der Waals surface area contributed by atoms with Gasteiger partial charge in [0.15, 0.2) is 9.84 Å². The van der Waals surface area contributed by atoms with Crippen LogP contribution < -0.4 is 5.32 Å². The number of hydrogen-bond acceptors (Lipinski definition) is 6. The minimum Gasteiger partial charge on any atom is -0.335 e. The molecular formula is C15H22N4O3S. The highest BCUT2D eigenvalue weighted by molar-refractivity contribution is 7.91. The van der Waals surface area contributed by atoms with Crippen molar-refractivity contribution in [1.82, 2.24) is 20.1 Å². The minimum absolute atomic E-state index is 0.0249. The van der Waals surface area contributed by atoms with Crippen molar-refractivity contribution < 1.29 is 13.2 Å². The third kappa shape index (κ3) is 3.54. The van der Waals surface area contributed by atoms with E-state index >= 15 is 0 Å². The van der Waals surface area contributed by atoms with Gasteiger partial charge < -0.3 is 10.2 Å². The number of rotatable bonds is 4. The van der Waals surface area contributed by atoms with E-state index in [9.17, 15) is 13.2 Å². The maximum atomic E-state index is 12.3. The van der Waals surface area contributed by atoms with Gasteiger partial charge >= 0.3 is 0 Å². The lowest BCUT2D eigenvalue weighted by molar-refractivity contribution is -0.136. The molecule has 0 spiro atoms. The SMILES string of the molecule is CNCC(=O)N1CCN(Cc2ccncc2)[C@@H]2CS(=O)(=O)C[C@@H]21. The Kier molecular flexibility index (Phi) is 4.65. The van der Waals surface area contributed by atoms with Crippen LogP contribution in [0.3, 0.4) is 0 Å². The van der Waals surface area contributed by atoms with Crippen LogP contribution in [0.1, 0.15) is 5.56 Å². The smallest absolute Gasteiger partial charge is 0.236 e. The summed E-state index contributed by atoms with van der Waals surface area (Å²) in [5.74, 6) is 0.176. The van der Waals surface area contributed by atoms with Gasteiger partial charge in [-0.25, -0.2) is 8.42 Å². The average molecular weight is 338 g/mol. The Labute approximate surface area is 136 Å². The first-order valence-corrected chi connectivity index (χ1v) is 9.60. The molecule has 1 aromatic rings. The van der Waals surface area contributed by atoms with Crippen molar-refractivity contribution in [2.45, 2.75) is 18.6 Å². The van der Waals surface area contributed by atoms with Crippen LogP contribution in [0.2, 0.25) is 0 Å². The number of nitrogens with zero attached hydrogens (tertiary/aromatic N) is 3. The third-order valence-electron chi connectivity index (χ3n) is 4.57. The Bertz CT molecular complexity index is 665. The number of aromatic nitrogens is 1. The predicted molar refractivity (Wildman–Crippen MR) is 86.5 cm³/mol. The molecule has 0 unspecified atom stereocenters. The molecule has 3 heterocycles. The van der Waals surface area contributed by atoms with Crippen LogP contribution in [0.15, 0.2) is 24.5 Å². The molecule has 0 aromatic carbocycles. The largest absolute Gasteiger partial charge is 0.335 e. The van der Waals surface area contributed by atoms with E-state index < -0.39 is 9.84 Å². The Morgan fingerprint density at radius 1 is 1.26 bits per heavy atom. The fraction of sp³-hybridized carbons (Fsp3) is 0.600. The van der Waals surface area contributed by atoms with Gasteiger partial charge in [0.2, 0.25) is 5.91 Å². The molecular weight excluding hydrogens is 316 g/mol. The summed E-state index contributed by atoms with van der Waals surface area (Å²) in [4.78, 5) is 20.2. The second-order valence-electron chi connectivity index (χ2n) is 6.15. The van der Waals surface area contributed by atoms with Crippen molar-refractivity contribution in [1.29, 1.82) is 0 Å². The van der Waals surface area contributed by atoms with Crippen LogP contribution in [-0.4, -0.2) is 79.4 Å². The summed E-state index contributed by atoms with van der Waals surface area (Å²) in [7, 11) is -1.38. The van der Waals surface area contributed by atoms with Crippen LogP contribution in [0.5, 0.6) is 0 Å². The van der Waals surface area contributed by atoms with Gasteiger partial charge in [-0.15, -0.1) is 0 Å². The number of pyridine rings is 1. The number of likely N-dealkylation sites (N-methyl/N-ethyl adjacent to an activating group) is 1. The number of sulfone groups is 1. The van der Waals surface area contributed by atoms with E-state index in [1.165, 1.54) is 0 Å². The number of carbonyl (C=O) groups is 1. The standard InChI is InChI=1S/C15H22N4O3S/c1-16-8-15(20)19-7-6-18(9-12-2-4-17-5-3-12)13-10-23(21,22)11-14(13)19/h2-5,13-14,16H,6-11H2,1H3/t13-,14+/m1/s1. The molecule has 2 saturated heterocycles.